The van der Waals surface area contributed by atoms with E-state index in [1.165, 1.54) is 0 Å². The first-order valence-corrected chi connectivity index (χ1v) is 4.34. The molecule has 2 bridgehead atoms. The summed E-state index contributed by atoms with van der Waals surface area (Å²) < 4.78 is 0. The Labute approximate surface area is 66.4 Å². The van der Waals surface area contributed by atoms with Crippen LogP contribution in [0.15, 0.2) is 0 Å². The third-order valence-corrected chi connectivity index (χ3v) is 2.93. The van der Waals surface area contributed by atoms with Gasteiger partial charge >= 0.3 is 0 Å². The number of nitrogens with one attached hydrogen (secondary N) is 1. The van der Waals surface area contributed by atoms with Gasteiger partial charge in [0.05, 0.1) is 12.2 Å². The second-order valence-electron chi connectivity index (χ2n) is 3.81. The Morgan fingerprint density at radius 3 is 2.73 bits per heavy atom. The van der Waals surface area contributed by atoms with Crippen molar-refractivity contribution >= 4 is 0 Å². The standard InChI is InChI=1S/C8H15NO2/c10-7-2-5-1-6(8(7)11)4-9-3-5/h5-11H,1-4H2. The molecule has 2 rings (SSSR count). The van der Waals surface area contributed by atoms with Gasteiger partial charge in [0.1, 0.15) is 0 Å². The van der Waals surface area contributed by atoms with Crippen LogP contribution in [0.1, 0.15) is 12.8 Å². The minimum Gasteiger partial charge on any atom is -0.390 e. The fourth-order valence-electron chi connectivity index (χ4n) is 2.30. The summed E-state index contributed by atoms with van der Waals surface area (Å²) in [4.78, 5) is 0. The van der Waals surface area contributed by atoms with Gasteiger partial charge in [-0.2, -0.15) is 0 Å². The molecule has 4 unspecified atom stereocenters. The second-order valence-corrected chi connectivity index (χ2v) is 3.81. The maximum Gasteiger partial charge on any atom is 0.0839 e. The number of hydrogen-bond acceptors (Lipinski definition) is 3. The molecular formula is C8H15NO2. The first-order chi connectivity index (χ1) is 5.27. The minimum absolute atomic E-state index is 0.289. The number of piperidine rings is 1. The first kappa shape index (κ1) is 7.53. The Morgan fingerprint density at radius 2 is 1.91 bits per heavy atom. The summed E-state index contributed by atoms with van der Waals surface area (Å²) in [5, 5.41) is 22.2. The summed E-state index contributed by atoms with van der Waals surface area (Å²) >= 11 is 0. The van der Waals surface area contributed by atoms with Crippen molar-refractivity contribution in [3.8, 4) is 0 Å². The Hall–Kier alpha value is -0.120. The molecule has 64 valence electrons. The van der Waals surface area contributed by atoms with Crippen LogP contribution in [0.3, 0.4) is 0 Å². The fourth-order valence-corrected chi connectivity index (χ4v) is 2.30. The van der Waals surface area contributed by atoms with Gasteiger partial charge in [-0.3, -0.25) is 0 Å². The highest BCUT2D eigenvalue weighted by Gasteiger charge is 2.37. The summed E-state index contributed by atoms with van der Waals surface area (Å²) in [6, 6.07) is 0. The summed E-state index contributed by atoms with van der Waals surface area (Å²) in [6.45, 7) is 1.88. The average Bonchev–Trinajstić information content (AvgIpc) is 2.01. The highest BCUT2D eigenvalue weighted by molar-refractivity contribution is 4.90. The zero-order valence-electron chi connectivity index (χ0n) is 6.53. The average molecular weight is 157 g/mol. The van der Waals surface area contributed by atoms with Gasteiger partial charge < -0.3 is 15.5 Å². The minimum atomic E-state index is -0.487. The molecule has 1 aliphatic heterocycles. The van der Waals surface area contributed by atoms with E-state index < -0.39 is 12.2 Å². The van der Waals surface area contributed by atoms with E-state index >= 15 is 0 Å². The summed E-state index contributed by atoms with van der Waals surface area (Å²) in [5.41, 5.74) is 0. The molecule has 3 heteroatoms. The van der Waals surface area contributed by atoms with Crippen molar-refractivity contribution in [2.24, 2.45) is 11.8 Å². The summed E-state index contributed by atoms with van der Waals surface area (Å²) in [7, 11) is 0. The lowest BCUT2D eigenvalue weighted by Gasteiger charge is -2.41. The molecule has 3 nitrogen and oxygen atoms in total. The number of aliphatic hydroxyl groups excluding tert-OH is 2. The lowest BCUT2D eigenvalue weighted by Crippen LogP contribution is -2.51. The van der Waals surface area contributed by atoms with Gasteiger partial charge in [0.15, 0.2) is 0 Å². The highest BCUT2D eigenvalue weighted by atomic mass is 16.3. The molecule has 0 aromatic rings. The van der Waals surface area contributed by atoms with E-state index in [1.807, 2.05) is 0 Å². The van der Waals surface area contributed by atoms with Crippen LogP contribution in [-0.4, -0.2) is 35.5 Å². The van der Waals surface area contributed by atoms with Crippen LogP contribution in [-0.2, 0) is 0 Å². The van der Waals surface area contributed by atoms with Crippen molar-refractivity contribution in [3.63, 3.8) is 0 Å². The van der Waals surface area contributed by atoms with Crippen LogP contribution in [0, 0.1) is 11.8 Å². The van der Waals surface area contributed by atoms with Crippen LogP contribution in [0.5, 0.6) is 0 Å². The lowest BCUT2D eigenvalue weighted by molar-refractivity contribution is -0.0708. The SMILES string of the molecule is OC1CC2CNCC(C2)C1O. The third-order valence-electron chi connectivity index (χ3n) is 2.93. The molecule has 0 radical (unpaired) electrons. The van der Waals surface area contributed by atoms with Crippen molar-refractivity contribution in [1.29, 1.82) is 0 Å². The monoisotopic (exact) mass is 157 g/mol. The van der Waals surface area contributed by atoms with Crippen molar-refractivity contribution in [1.82, 2.24) is 5.32 Å². The Bertz CT molecular complexity index is 149. The number of aliphatic hydroxyl groups is 2. The molecule has 0 aromatic heterocycles. The van der Waals surface area contributed by atoms with E-state index in [0.717, 1.165) is 25.9 Å². The highest BCUT2D eigenvalue weighted by Crippen LogP contribution is 2.31. The van der Waals surface area contributed by atoms with Crippen LogP contribution < -0.4 is 5.32 Å². The fraction of sp³-hybridized carbons (Fsp3) is 1.00. The van der Waals surface area contributed by atoms with Crippen LogP contribution in [0.4, 0.5) is 0 Å². The van der Waals surface area contributed by atoms with Gasteiger partial charge in [-0.1, -0.05) is 0 Å². The van der Waals surface area contributed by atoms with Gasteiger partial charge in [0.2, 0.25) is 0 Å². The van der Waals surface area contributed by atoms with Crippen LogP contribution >= 0.6 is 0 Å². The predicted octanol–water partition coefficient (Wildman–Crippen LogP) is -0.662. The molecule has 1 saturated heterocycles. The molecule has 2 fully saturated rings. The van der Waals surface area contributed by atoms with Crippen molar-refractivity contribution < 1.29 is 10.2 Å². The van der Waals surface area contributed by atoms with Gasteiger partial charge in [0.25, 0.3) is 0 Å². The zero-order valence-corrected chi connectivity index (χ0v) is 6.53. The van der Waals surface area contributed by atoms with Gasteiger partial charge in [-0.05, 0) is 25.3 Å². The number of fused-ring (bicyclic) bond motifs is 2. The van der Waals surface area contributed by atoms with Gasteiger partial charge in [-0.25, -0.2) is 0 Å². The third kappa shape index (κ3) is 1.28. The van der Waals surface area contributed by atoms with E-state index in [9.17, 15) is 10.2 Å². The molecule has 0 spiro atoms. The molecule has 1 aliphatic carbocycles. The summed E-state index contributed by atoms with van der Waals surface area (Å²) in [5.74, 6) is 0.879. The van der Waals surface area contributed by atoms with Gasteiger partial charge in [0, 0.05) is 12.5 Å². The summed E-state index contributed by atoms with van der Waals surface area (Å²) in [6.07, 6.45) is 0.899. The van der Waals surface area contributed by atoms with Crippen molar-refractivity contribution in [2.75, 3.05) is 13.1 Å². The van der Waals surface area contributed by atoms with Crippen LogP contribution in [0.25, 0.3) is 0 Å². The van der Waals surface area contributed by atoms with Crippen molar-refractivity contribution in [2.45, 2.75) is 25.0 Å². The Kier molecular flexibility index (Phi) is 1.87. The predicted molar refractivity (Wildman–Crippen MR) is 41.1 cm³/mol. The maximum atomic E-state index is 9.50. The quantitative estimate of drug-likeness (QED) is 0.437. The van der Waals surface area contributed by atoms with Gasteiger partial charge in [-0.15, -0.1) is 0 Å². The largest absolute Gasteiger partial charge is 0.390 e. The van der Waals surface area contributed by atoms with Crippen LogP contribution in [0.2, 0.25) is 0 Å². The molecule has 3 N–H and O–H groups in total. The molecule has 4 atom stereocenters. The number of hydrogen-bond donors (Lipinski definition) is 3. The Balaban J connectivity index is 2.05. The van der Waals surface area contributed by atoms with E-state index in [1.54, 1.807) is 0 Å². The maximum absolute atomic E-state index is 9.50. The van der Waals surface area contributed by atoms with E-state index in [0.29, 0.717) is 5.92 Å². The second kappa shape index (κ2) is 2.73. The van der Waals surface area contributed by atoms with Crippen molar-refractivity contribution in [3.05, 3.63) is 0 Å². The molecule has 2 aliphatic rings. The molecule has 0 aromatic carbocycles. The van der Waals surface area contributed by atoms with E-state index in [2.05, 4.69) is 5.32 Å². The smallest absolute Gasteiger partial charge is 0.0839 e. The van der Waals surface area contributed by atoms with E-state index in [-0.39, 0.29) is 5.92 Å². The molecule has 1 heterocycles. The number of rotatable bonds is 0. The molecular weight excluding hydrogens is 142 g/mol. The zero-order chi connectivity index (χ0) is 7.84. The molecule has 11 heavy (non-hydrogen) atoms. The topological polar surface area (TPSA) is 52.5 Å². The first-order valence-electron chi connectivity index (χ1n) is 4.34. The normalized spacial score (nSPS) is 50.7. The van der Waals surface area contributed by atoms with E-state index in [4.69, 9.17) is 0 Å². The lowest BCUT2D eigenvalue weighted by atomic mass is 9.75. The molecule has 1 saturated carbocycles. The Morgan fingerprint density at radius 1 is 1.09 bits per heavy atom. The molecule has 0 amide bonds.